The van der Waals surface area contributed by atoms with E-state index in [2.05, 4.69) is 4.90 Å². The highest BCUT2D eigenvalue weighted by atomic mass is 19.1. The van der Waals surface area contributed by atoms with Crippen LogP contribution >= 0.6 is 0 Å². The molecule has 0 radical (unpaired) electrons. The maximum atomic E-state index is 13.3. The van der Waals surface area contributed by atoms with E-state index in [1.165, 1.54) is 36.4 Å². The number of halogens is 1. The Morgan fingerprint density at radius 2 is 1.50 bits per heavy atom. The number of piperazine rings is 1. The molecule has 8 heteroatoms. The molecule has 6 rings (SSSR count). The number of hydrogen-bond acceptors (Lipinski definition) is 5. The van der Waals surface area contributed by atoms with Crippen molar-refractivity contribution >= 4 is 40.1 Å². The number of carbonyl (C=O) groups is 3. The lowest BCUT2D eigenvalue weighted by molar-refractivity contribution is 0.0746. The predicted molar refractivity (Wildman–Crippen MR) is 134 cm³/mol. The minimum Gasteiger partial charge on any atom is -0.353 e. The fourth-order valence-electron chi connectivity index (χ4n) is 4.75. The van der Waals surface area contributed by atoms with Crippen LogP contribution in [-0.2, 0) is 0 Å². The van der Waals surface area contributed by atoms with Gasteiger partial charge in [-0.2, -0.15) is 0 Å². The second-order valence-corrected chi connectivity index (χ2v) is 8.82. The molecule has 4 aromatic rings. The van der Waals surface area contributed by atoms with Crippen molar-refractivity contribution in [1.82, 2.24) is 9.88 Å². The van der Waals surface area contributed by atoms with Crippen molar-refractivity contribution in [3.8, 4) is 0 Å². The highest BCUT2D eigenvalue weighted by Crippen LogP contribution is 2.30. The Bertz CT molecular complexity index is 1530. The molecule has 7 nitrogen and oxygen atoms in total. The fraction of sp³-hybridized carbons (Fsp3) is 0.143. The van der Waals surface area contributed by atoms with E-state index in [1.54, 1.807) is 11.0 Å². The number of fused-ring (bicyclic) bond motifs is 2. The molecule has 36 heavy (non-hydrogen) atoms. The highest BCUT2D eigenvalue weighted by Gasteiger charge is 2.37. The third-order valence-electron chi connectivity index (χ3n) is 6.69. The Morgan fingerprint density at radius 3 is 2.28 bits per heavy atom. The molecule has 3 heterocycles. The van der Waals surface area contributed by atoms with E-state index >= 15 is 0 Å². The molecule has 178 valence electrons. The summed E-state index contributed by atoms with van der Waals surface area (Å²) in [6, 6.07) is 21.7. The second-order valence-electron chi connectivity index (χ2n) is 8.82. The average molecular weight is 480 g/mol. The monoisotopic (exact) mass is 480 g/mol. The topological polar surface area (TPSA) is 73.8 Å². The number of amides is 3. The van der Waals surface area contributed by atoms with E-state index in [9.17, 15) is 18.8 Å². The number of nitrogens with zero attached hydrogens (tertiary/aromatic N) is 4. The lowest BCUT2D eigenvalue weighted by atomic mass is 10.0. The van der Waals surface area contributed by atoms with Gasteiger partial charge in [-0.3, -0.25) is 14.4 Å². The van der Waals surface area contributed by atoms with Gasteiger partial charge in [-0.1, -0.05) is 18.2 Å². The van der Waals surface area contributed by atoms with Gasteiger partial charge < -0.3 is 9.80 Å². The number of benzene rings is 3. The van der Waals surface area contributed by atoms with Crippen LogP contribution in [0.3, 0.4) is 0 Å². The molecule has 0 aliphatic carbocycles. The standard InChI is InChI=1S/C28H21FN4O3/c29-20-7-9-21(10-8-20)33-27(35)22-11-5-19(17-23(22)28(33)36)26(34)32-15-13-31(14-16-32)25-12-6-18-3-1-2-4-24(18)30-25/h1-12,17H,13-16H2. The van der Waals surface area contributed by atoms with Gasteiger partial charge in [0.2, 0.25) is 0 Å². The molecular weight excluding hydrogens is 459 g/mol. The van der Waals surface area contributed by atoms with Crippen LogP contribution in [-0.4, -0.2) is 53.8 Å². The number of imide groups is 1. The van der Waals surface area contributed by atoms with Gasteiger partial charge in [-0.25, -0.2) is 14.3 Å². The van der Waals surface area contributed by atoms with Gasteiger partial charge in [0.1, 0.15) is 11.6 Å². The Morgan fingerprint density at radius 1 is 0.778 bits per heavy atom. The zero-order valence-electron chi connectivity index (χ0n) is 19.2. The van der Waals surface area contributed by atoms with E-state index in [0.717, 1.165) is 21.6 Å². The second kappa shape index (κ2) is 8.57. The summed E-state index contributed by atoms with van der Waals surface area (Å²) in [4.78, 5) is 48.7. The van der Waals surface area contributed by atoms with Crippen LogP contribution in [0.25, 0.3) is 10.9 Å². The maximum absolute atomic E-state index is 13.3. The van der Waals surface area contributed by atoms with Crippen LogP contribution in [0.5, 0.6) is 0 Å². The lowest BCUT2D eigenvalue weighted by Crippen LogP contribution is -2.49. The van der Waals surface area contributed by atoms with Gasteiger partial charge in [0.15, 0.2) is 0 Å². The molecule has 2 aliphatic rings. The minimum absolute atomic E-state index is 0.175. The van der Waals surface area contributed by atoms with Crippen LogP contribution in [0.2, 0.25) is 0 Å². The van der Waals surface area contributed by atoms with Gasteiger partial charge in [0.05, 0.1) is 22.3 Å². The smallest absolute Gasteiger partial charge is 0.266 e. The van der Waals surface area contributed by atoms with E-state index in [1.807, 2.05) is 36.4 Å². The van der Waals surface area contributed by atoms with E-state index in [4.69, 9.17) is 4.98 Å². The molecule has 1 saturated heterocycles. The fourth-order valence-corrected chi connectivity index (χ4v) is 4.75. The molecule has 2 aliphatic heterocycles. The van der Waals surface area contributed by atoms with Crippen molar-refractivity contribution < 1.29 is 18.8 Å². The van der Waals surface area contributed by atoms with Crippen LogP contribution in [0, 0.1) is 5.82 Å². The number of hydrogen-bond donors (Lipinski definition) is 0. The van der Waals surface area contributed by atoms with Crippen molar-refractivity contribution in [3.05, 3.63) is 101 Å². The summed E-state index contributed by atoms with van der Waals surface area (Å²) in [6.45, 7) is 2.30. The van der Waals surface area contributed by atoms with Gasteiger partial charge in [0.25, 0.3) is 17.7 Å². The molecule has 0 saturated carbocycles. The van der Waals surface area contributed by atoms with Crippen LogP contribution in [0.1, 0.15) is 31.1 Å². The molecule has 0 bridgehead atoms. The summed E-state index contributed by atoms with van der Waals surface area (Å²) < 4.78 is 13.3. The number of pyridine rings is 1. The van der Waals surface area contributed by atoms with Crippen molar-refractivity contribution in [3.63, 3.8) is 0 Å². The van der Waals surface area contributed by atoms with Gasteiger partial charge in [-0.05, 0) is 60.7 Å². The summed E-state index contributed by atoms with van der Waals surface area (Å²) in [6.07, 6.45) is 0. The summed E-state index contributed by atoms with van der Waals surface area (Å²) in [5.41, 5.74) is 1.98. The third-order valence-corrected chi connectivity index (χ3v) is 6.69. The number of para-hydroxylation sites is 1. The summed E-state index contributed by atoms with van der Waals surface area (Å²) >= 11 is 0. The first-order valence-corrected chi connectivity index (χ1v) is 11.7. The first-order valence-electron chi connectivity index (χ1n) is 11.7. The number of carbonyl (C=O) groups excluding carboxylic acids is 3. The Hall–Kier alpha value is -4.59. The molecular formula is C28H21FN4O3. The Kier molecular flexibility index (Phi) is 5.21. The van der Waals surface area contributed by atoms with Gasteiger partial charge >= 0.3 is 0 Å². The highest BCUT2D eigenvalue weighted by molar-refractivity contribution is 6.34. The SMILES string of the molecule is O=C(c1ccc2c(c1)C(=O)N(c1ccc(F)cc1)C2=O)N1CCN(c2ccc3ccccc3n2)CC1. The quantitative estimate of drug-likeness (QED) is 0.412. The van der Waals surface area contributed by atoms with Crippen LogP contribution in [0.15, 0.2) is 78.9 Å². The van der Waals surface area contributed by atoms with Crippen molar-refractivity contribution in [2.24, 2.45) is 0 Å². The molecule has 0 spiro atoms. The van der Waals surface area contributed by atoms with Crippen LogP contribution < -0.4 is 9.80 Å². The predicted octanol–water partition coefficient (Wildman–Crippen LogP) is 4.14. The normalized spacial score (nSPS) is 15.5. The summed E-state index contributed by atoms with van der Waals surface area (Å²) in [5.74, 6) is -0.784. The molecule has 3 aromatic carbocycles. The maximum Gasteiger partial charge on any atom is 0.266 e. The van der Waals surface area contributed by atoms with Crippen molar-refractivity contribution in [2.45, 2.75) is 0 Å². The zero-order chi connectivity index (χ0) is 24.8. The van der Waals surface area contributed by atoms with Crippen molar-refractivity contribution in [2.75, 3.05) is 36.0 Å². The third kappa shape index (κ3) is 3.67. The first kappa shape index (κ1) is 21.9. The van der Waals surface area contributed by atoms with Gasteiger partial charge in [0, 0.05) is 37.1 Å². The van der Waals surface area contributed by atoms with E-state index < -0.39 is 17.6 Å². The number of anilines is 2. The first-order chi connectivity index (χ1) is 17.5. The number of aromatic nitrogens is 1. The van der Waals surface area contributed by atoms with Crippen LogP contribution in [0.4, 0.5) is 15.9 Å². The molecule has 0 unspecified atom stereocenters. The Labute approximate surface area is 206 Å². The largest absolute Gasteiger partial charge is 0.353 e. The molecule has 1 fully saturated rings. The molecule has 0 atom stereocenters. The lowest BCUT2D eigenvalue weighted by Gasteiger charge is -2.35. The van der Waals surface area contributed by atoms with Gasteiger partial charge in [-0.15, -0.1) is 0 Å². The summed E-state index contributed by atoms with van der Waals surface area (Å²) in [7, 11) is 0. The Balaban J connectivity index is 1.17. The zero-order valence-corrected chi connectivity index (χ0v) is 19.2. The molecule has 1 aromatic heterocycles. The van der Waals surface area contributed by atoms with Crippen molar-refractivity contribution in [1.29, 1.82) is 0 Å². The summed E-state index contributed by atoms with van der Waals surface area (Å²) in [5, 5.41) is 1.08. The number of rotatable bonds is 3. The van der Waals surface area contributed by atoms with E-state index in [-0.39, 0.29) is 22.7 Å². The average Bonchev–Trinajstić information content (AvgIpc) is 3.17. The minimum atomic E-state index is -0.525. The molecule has 3 amide bonds. The van der Waals surface area contributed by atoms with E-state index in [0.29, 0.717) is 31.7 Å². The molecule has 0 N–H and O–H groups in total.